The van der Waals surface area contributed by atoms with Crippen LogP contribution in [-0.2, 0) is 4.74 Å². The standard InChI is InChI=1S/C17H10Br2N2O3/c1-24-17(23)14-11-7-9(19)3-5-13(11)21-15(14)20-12-4-2-8(18)6-10(12)16(21)22/h2-7,20H,1H3. The van der Waals surface area contributed by atoms with Crippen LogP contribution in [0.2, 0.25) is 0 Å². The quantitative estimate of drug-likeness (QED) is 0.442. The van der Waals surface area contributed by atoms with E-state index in [0.717, 1.165) is 8.95 Å². The molecule has 1 N–H and O–H groups in total. The average Bonchev–Trinajstić information content (AvgIpc) is 2.88. The zero-order valence-electron chi connectivity index (χ0n) is 12.4. The van der Waals surface area contributed by atoms with Gasteiger partial charge < -0.3 is 9.72 Å². The van der Waals surface area contributed by atoms with Crippen LogP contribution in [0.1, 0.15) is 10.4 Å². The van der Waals surface area contributed by atoms with Crippen molar-refractivity contribution < 1.29 is 9.53 Å². The van der Waals surface area contributed by atoms with Crippen molar-refractivity contribution in [3.63, 3.8) is 0 Å². The summed E-state index contributed by atoms with van der Waals surface area (Å²) in [5.41, 5.74) is 1.88. The van der Waals surface area contributed by atoms with Gasteiger partial charge in [-0.05, 0) is 36.4 Å². The molecule has 0 unspecified atom stereocenters. The fourth-order valence-electron chi connectivity index (χ4n) is 2.95. The number of fused-ring (bicyclic) bond motifs is 4. The number of rotatable bonds is 1. The Kier molecular flexibility index (Phi) is 3.51. The van der Waals surface area contributed by atoms with Gasteiger partial charge in [-0.2, -0.15) is 0 Å². The highest BCUT2D eigenvalue weighted by atomic mass is 79.9. The van der Waals surface area contributed by atoms with Crippen LogP contribution in [0.15, 0.2) is 50.1 Å². The molecule has 0 bridgehead atoms. The maximum absolute atomic E-state index is 13.0. The van der Waals surface area contributed by atoms with E-state index >= 15 is 0 Å². The summed E-state index contributed by atoms with van der Waals surface area (Å²) in [4.78, 5) is 28.6. The highest BCUT2D eigenvalue weighted by Crippen LogP contribution is 2.29. The summed E-state index contributed by atoms with van der Waals surface area (Å²) < 4.78 is 8.07. The molecule has 120 valence electrons. The molecule has 7 heteroatoms. The number of methoxy groups -OCH3 is 1. The smallest absolute Gasteiger partial charge is 0.342 e. The van der Waals surface area contributed by atoms with Gasteiger partial charge in [0, 0.05) is 14.3 Å². The number of aromatic nitrogens is 2. The maximum atomic E-state index is 13.0. The minimum atomic E-state index is -0.493. The number of halogens is 2. The Bertz CT molecular complexity index is 1210. The molecule has 2 heterocycles. The van der Waals surface area contributed by atoms with E-state index in [1.165, 1.54) is 11.5 Å². The fraction of sp³-hybridized carbons (Fsp3) is 0.0588. The van der Waals surface area contributed by atoms with E-state index in [1.807, 2.05) is 18.2 Å². The van der Waals surface area contributed by atoms with Gasteiger partial charge in [0.1, 0.15) is 11.2 Å². The lowest BCUT2D eigenvalue weighted by Gasteiger charge is -2.03. The van der Waals surface area contributed by atoms with Crippen molar-refractivity contribution in [2.45, 2.75) is 0 Å². The Morgan fingerprint density at radius 1 is 1.08 bits per heavy atom. The first-order valence-corrected chi connectivity index (χ1v) is 8.63. The number of ether oxygens (including phenoxy) is 1. The summed E-state index contributed by atoms with van der Waals surface area (Å²) in [6.07, 6.45) is 0. The van der Waals surface area contributed by atoms with Gasteiger partial charge in [-0.25, -0.2) is 4.79 Å². The van der Waals surface area contributed by atoms with Gasteiger partial charge in [-0.15, -0.1) is 0 Å². The maximum Gasteiger partial charge on any atom is 0.342 e. The number of hydrogen-bond acceptors (Lipinski definition) is 3. The molecule has 0 spiro atoms. The number of benzene rings is 2. The number of esters is 1. The zero-order chi connectivity index (χ0) is 17.0. The summed E-state index contributed by atoms with van der Waals surface area (Å²) in [7, 11) is 1.33. The Morgan fingerprint density at radius 2 is 1.75 bits per heavy atom. The van der Waals surface area contributed by atoms with Crippen molar-refractivity contribution in [1.82, 2.24) is 9.38 Å². The number of aromatic amines is 1. The number of nitrogens with zero attached hydrogens (tertiary/aromatic N) is 1. The molecule has 0 radical (unpaired) electrons. The van der Waals surface area contributed by atoms with Gasteiger partial charge in [0.05, 0.1) is 23.5 Å². The number of H-pyrrole nitrogens is 1. The molecular formula is C17H10Br2N2O3. The van der Waals surface area contributed by atoms with Gasteiger partial charge in [0.25, 0.3) is 5.56 Å². The van der Waals surface area contributed by atoms with Crippen molar-refractivity contribution in [1.29, 1.82) is 0 Å². The van der Waals surface area contributed by atoms with Crippen molar-refractivity contribution in [3.8, 4) is 0 Å². The lowest BCUT2D eigenvalue weighted by atomic mass is 10.2. The van der Waals surface area contributed by atoms with Crippen LogP contribution >= 0.6 is 31.9 Å². The fourth-order valence-corrected chi connectivity index (χ4v) is 3.67. The molecule has 4 rings (SSSR count). The topological polar surface area (TPSA) is 63.6 Å². The van der Waals surface area contributed by atoms with Crippen LogP contribution in [0, 0.1) is 0 Å². The SMILES string of the molecule is COC(=O)c1c2cc(Br)ccc2n2c(=O)c3cc(Br)ccc3[nH]c12. The Labute approximate surface area is 152 Å². The van der Waals surface area contributed by atoms with Crippen LogP contribution in [-0.4, -0.2) is 22.5 Å². The minimum Gasteiger partial charge on any atom is -0.465 e. The van der Waals surface area contributed by atoms with E-state index in [1.54, 1.807) is 18.2 Å². The molecule has 0 fully saturated rings. The molecule has 0 amide bonds. The molecule has 0 saturated carbocycles. The zero-order valence-corrected chi connectivity index (χ0v) is 15.6. The van der Waals surface area contributed by atoms with E-state index < -0.39 is 5.97 Å². The number of hydrogen-bond donors (Lipinski definition) is 1. The van der Waals surface area contributed by atoms with Crippen molar-refractivity contribution in [2.75, 3.05) is 7.11 Å². The molecule has 0 aliphatic carbocycles. The summed E-state index contributed by atoms with van der Waals surface area (Å²) in [6.45, 7) is 0. The lowest BCUT2D eigenvalue weighted by molar-refractivity contribution is 0.0605. The van der Waals surface area contributed by atoms with Gasteiger partial charge in [0.2, 0.25) is 0 Å². The summed E-state index contributed by atoms with van der Waals surface area (Å²) in [5.74, 6) is -0.493. The minimum absolute atomic E-state index is 0.192. The third-order valence-corrected chi connectivity index (χ3v) is 4.97. The first-order chi connectivity index (χ1) is 11.5. The normalized spacial score (nSPS) is 11.5. The van der Waals surface area contributed by atoms with Crippen LogP contribution in [0.5, 0.6) is 0 Å². The number of carbonyl (C=O) groups is 1. The van der Waals surface area contributed by atoms with Crippen LogP contribution in [0.4, 0.5) is 0 Å². The first-order valence-electron chi connectivity index (χ1n) is 7.05. The molecule has 2 aromatic carbocycles. The van der Waals surface area contributed by atoms with Gasteiger partial charge in [-0.3, -0.25) is 9.20 Å². The van der Waals surface area contributed by atoms with Crippen LogP contribution < -0.4 is 5.56 Å². The summed E-state index contributed by atoms with van der Waals surface area (Å²) in [5, 5.41) is 1.19. The monoisotopic (exact) mass is 448 g/mol. The summed E-state index contributed by atoms with van der Waals surface area (Å²) >= 11 is 6.80. The van der Waals surface area contributed by atoms with Gasteiger partial charge >= 0.3 is 5.97 Å². The van der Waals surface area contributed by atoms with Crippen molar-refractivity contribution in [3.05, 3.63) is 61.3 Å². The number of nitrogens with one attached hydrogen (secondary N) is 1. The molecule has 5 nitrogen and oxygen atoms in total. The van der Waals surface area contributed by atoms with E-state index in [-0.39, 0.29) is 5.56 Å². The van der Waals surface area contributed by atoms with Crippen LogP contribution in [0.3, 0.4) is 0 Å². The predicted molar refractivity (Wildman–Crippen MR) is 99.8 cm³/mol. The molecule has 0 aliphatic heterocycles. The van der Waals surface area contributed by atoms with E-state index in [9.17, 15) is 9.59 Å². The van der Waals surface area contributed by atoms with Gasteiger partial charge in [0.15, 0.2) is 0 Å². The average molecular weight is 450 g/mol. The van der Waals surface area contributed by atoms with E-state index in [2.05, 4.69) is 36.8 Å². The van der Waals surface area contributed by atoms with Crippen LogP contribution in [0.25, 0.3) is 27.5 Å². The Hall–Kier alpha value is -2.12. The first kappa shape index (κ1) is 15.4. The molecule has 0 aliphatic rings. The Balaban J connectivity index is 2.33. The second-order valence-electron chi connectivity index (χ2n) is 5.33. The molecule has 2 aromatic heterocycles. The molecule has 24 heavy (non-hydrogen) atoms. The molecule has 0 saturated heterocycles. The highest BCUT2D eigenvalue weighted by molar-refractivity contribution is 9.10. The van der Waals surface area contributed by atoms with E-state index in [4.69, 9.17) is 4.74 Å². The Morgan fingerprint density at radius 3 is 2.46 bits per heavy atom. The molecular weight excluding hydrogens is 440 g/mol. The largest absolute Gasteiger partial charge is 0.465 e. The highest BCUT2D eigenvalue weighted by Gasteiger charge is 2.22. The predicted octanol–water partition coefficient (Wildman–Crippen LogP) is 4.25. The third kappa shape index (κ3) is 2.12. The van der Waals surface area contributed by atoms with Crippen molar-refractivity contribution in [2.24, 2.45) is 0 Å². The number of carbonyl (C=O) groups excluding carboxylic acids is 1. The lowest BCUT2D eigenvalue weighted by Crippen LogP contribution is -2.15. The molecule has 0 atom stereocenters. The third-order valence-electron chi connectivity index (χ3n) is 3.99. The second kappa shape index (κ2) is 5.46. The van der Waals surface area contributed by atoms with Gasteiger partial charge in [-0.1, -0.05) is 31.9 Å². The second-order valence-corrected chi connectivity index (χ2v) is 7.16. The molecule has 4 aromatic rings. The van der Waals surface area contributed by atoms with E-state index in [0.29, 0.717) is 33.0 Å². The summed E-state index contributed by atoms with van der Waals surface area (Å²) in [6, 6.07) is 10.8. The van der Waals surface area contributed by atoms with Crippen molar-refractivity contribution >= 4 is 65.3 Å².